The van der Waals surface area contributed by atoms with E-state index in [1.54, 1.807) is 24.3 Å². The van der Waals surface area contributed by atoms with Crippen LogP contribution in [0.4, 0.5) is 0 Å². The summed E-state index contributed by atoms with van der Waals surface area (Å²) in [7, 11) is 0. The molecule has 0 saturated carbocycles. The van der Waals surface area contributed by atoms with Crippen molar-refractivity contribution in [3.05, 3.63) is 95.1 Å². The van der Waals surface area contributed by atoms with Crippen LogP contribution in [-0.2, 0) is 24.1 Å². The molecule has 1 unspecified atom stereocenters. The number of rotatable bonds is 7. The molecule has 35 heavy (non-hydrogen) atoms. The third kappa shape index (κ3) is 6.73. The number of fused-ring (bicyclic) bond motifs is 1. The molecule has 1 aliphatic heterocycles. The molecule has 1 aliphatic rings. The van der Waals surface area contributed by atoms with Crippen LogP contribution in [0.1, 0.15) is 33.5 Å². The first-order valence-electron chi connectivity index (χ1n) is 11.8. The van der Waals surface area contributed by atoms with Gasteiger partial charge in [0.2, 0.25) is 0 Å². The molecule has 182 valence electrons. The summed E-state index contributed by atoms with van der Waals surface area (Å²) in [4.78, 5) is 14.6. The molecule has 0 saturated heterocycles. The largest absolute Gasteiger partial charge is 0.504 e. The summed E-state index contributed by atoms with van der Waals surface area (Å²) in [5.41, 5.74) is 3.69. The topological polar surface area (TPSA) is 82.0 Å². The predicted octanol–water partition coefficient (Wildman–Crippen LogP) is 4.44. The van der Waals surface area contributed by atoms with Crippen LogP contribution < -0.4 is 5.32 Å². The summed E-state index contributed by atoms with van der Waals surface area (Å²) in [6.45, 7) is 2.16. The van der Waals surface area contributed by atoms with E-state index < -0.39 is 0 Å². The standard InChI is InChI=1S/C28H30N2O4S/c31-25-15-23-12-7-13-30(18-24(23)16-26(25)32)28(35)29-17-21(14-20-8-3-1-4-9-20)19-34-27(33)22-10-5-2-6-11-22/h1-6,8-11,15-16,21,31-32H,7,12-14,17-19H2,(H,29,35). The van der Waals surface area contributed by atoms with Gasteiger partial charge in [0.05, 0.1) is 12.2 Å². The molecule has 0 aromatic heterocycles. The fourth-order valence-electron chi connectivity index (χ4n) is 4.29. The Morgan fingerprint density at radius 1 is 1.00 bits per heavy atom. The van der Waals surface area contributed by atoms with E-state index in [0.29, 0.717) is 23.8 Å². The van der Waals surface area contributed by atoms with Gasteiger partial charge in [0.25, 0.3) is 0 Å². The summed E-state index contributed by atoms with van der Waals surface area (Å²) in [6.07, 6.45) is 2.45. The van der Waals surface area contributed by atoms with Crippen molar-refractivity contribution >= 4 is 23.3 Å². The number of hydrogen-bond donors (Lipinski definition) is 3. The highest BCUT2D eigenvalue weighted by Crippen LogP contribution is 2.31. The van der Waals surface area contributed by atoms with E-state index in [-0.39, 0.29) is 30.0 Å². The zero-order valence-electron chi connectivity index (χ0n) is 19.5. The maximum Gasteiger partial charge on any atom is 0.338 e. The lowest BCUT2D eigenvalue weighted by molar-refractivity contribution is 0.0440. The maximum atomic E-state index is 12.5. The zero-order chi connectivity index (χ0) is 24.6. The minimum absolute atomic E-state index is 0.0308. The highest BCUT2D eigenvalue weighted by Gasteiger charge is 2.20. The second-order valence-corrected chi connectivity index (χ2v) is 9.23. The van der Waals surface area contributed by atoms with Crippen LogP contribution in [0.25, 0.3) is 0 Å². The predicted molar refractivity (Wildman–Crippen MR) is 139 cm³/mol. The van der Waals surface area contributed by atoms with Crippen molar-refractivity contribution in [1.82, 2.24) is 10.2 Å². The number of nitrogens with zero attached hydrogens (tertiary/aromatic N) is 1. The quantitative estimate of drug-likeness (QED) is 0.257. The van der Waals surface area contributed by atoms with E-state index in [1.165, 1.54) is 5.56 Å². The van der Waals surface area contributed by atoms with E-state index >= 15 is 0 Å². The van der Waals surface area contributed by atoms with Crippen molar-refractivity contribution in [3.63, 3.8) is 0 Å². The first kappa shape index (κ1) is 24.5. The second kappa shape index (κ2) is 11.7. The van der Waals surface area contributed by atoms with Gasteiger partial charge in [-0.1, -0.05) is 48.5 Å². The van der Waals surface area contributed by atoms with Crippen molar-refractivity contribution in [2.75, 3.05) is 19.7 Å². The highest BCUT2D eigenvalue weighted by molar-refractivity contribution is 7.80. The van der Waals surface area contributed by atoms with Gasteiger partial charge in [0.15, 0.2) is 16.6 Å². The van der Waals surface area contributed by atoms with Crippen molar-refractivity contribution in [3.8, 4) is 11.5 Å². The van der Waals surface area contributed by atoms with E-state index in [0.717, 1.165) is 36.9 Å². The van der Waals surface area contributed by atoms with E-state index in [4.69, 9.17) is 17.0 Å². The molecule has 0 radical (unpaired) electrons. The fourth-order valence-corrected chi connectivity index (χ4v) is 4.53. The lowest BCUT2D eigenvalue weighted by Gasteiger charge is -2.26. The second-order valence-electron chi connectivity index (χ2n) is 8.84. The molecule has 3 aromatic carbocycles. The average Bonchev–Trinajstić information content (AvgIpc) is 3.08. The smallest absolute Gasteiger partial charge is 0.338 e. The average molecular weight is 491 g/mol. The first-order chi connectivity index (χ1) is 17.0. The molecule has 0 aliphatic carbocycles. The Morgan fingerprint density at radius 2 is 1.66 bits per heavy atom. The number of carbonyl (C=O) groups excluding carboxylic acids is 1. The lowest BCUT2D eigenvalue weighted by atomic mass is 10.00. The van der Waals surface area contributed by atoms with Crippen molar-refractivity contribution < 1.29 is 19.7 Å². The summed E-state index contributed by atoms with van der Waals surface area (Å²) >= 11 is 5.71. The monoisotopic (exact) mass is 490 g/mol. The van der Waals surface area contributed by atoms with Gasteiger partial charge in [-0.2, -0.15) is 0 Å². The SMILES string of the molecule is O=C(OCC(CNC(=S)N1CCCc2cc(O)c(O)cc2C1)Cc1ccccc1)c1ccccc1. The number of ether oxygens (including phenoxy) is 1. The molecule has 0 bridgehead atoms. The van der Waals surface area contributed by atoms with Gasteiger partial charge in [-0.25, -0.2) is 4.79 Å². The number of hydrogen-bond acceptors (Lipinski definition) is 5. The number of esters is 1. The van der Waals surface area contributed by atoms with Crippen LogP contribution in [0, 0.1) is 5.92 Å². The number of benzene rings is 3. The van der Waals surface area contributed by atoms with E-state index in [2.05, 4.69) is 22.3 Å². The summed E-state index contributed by atoms with van der Waals surface area (Å²) in [5, 5.41) is 23.8. The first-order valence-corrected chi connectivity index (χ1v) is 12.2. The molecule has 0 fully saturated rings. The highest BCUT2D eigenvalue weighted by atomic mass is 32.1. The van der Waals surface area contributed by atoms with Gasteiger partial charge in [0, 0.05) is 25.6 Å². The number of aromatic hydroxyl groups is 2. The molecular weight excluding hydrogens is 460 g/mol. The van der Waals surface area contributed by atoms with Gasteiger partial charge in [0.1, 0.15) is 0 Å². The van der Waals surface area contributed by atoms with Crippen molar-refractivity contribution in [2.24, 2.45) is 5.92 Å². The Kier molecular flexibility index (Phi) is 8.21. The summed E-state index contributed by atoms with van der Waals surface area (Å²) < 4.78 is 5.64. The normalized spacial score (nSPS) is 13.9. The van der Waals surface area contributed by atoms with E-state index in [1.807, 2.05) is 36.4 Å². The molecule has 7 heteroatoms. The third-order valence-electron chi connectivity index (χ3n) is 6.19. The molecule has 6 nitrogen and oxygen atoms in total. The van der Waals surface area contributed by atoms with Gasteiger partial charge in [-0.15, -0.1) is 0 Å². The summed E-state index contributed by atoms with van der Waals surface area (Å²) in [5.74, 6) is -0.513. The Labute approximate surface area is 211 Å². The summed E-state index contributed by atoms with van der Waals surface area (Å²) in [6, 6.07) is 22.4. The number of phenols is 2. The molecular formula is C28H30N2O4S. The van der Waals surface area contributed by atoms with Crippen molar-refractivity contribution in [1.29, 1.82) is 0 Å². The number of aryl methyl sites for hydroxylation is 1. The number of thiocarbonyl (C=S) groups is 1. The van der Waals surface area contributed by atoms with Gasteiger partial charge < -0.3 is 25.2 Å². The number of carbonyl (C=O) groups is 1. The molecule has 1 heterocycles. The van der Waals surface area contributed by atoms with Gasteiger partial charge in [-0.3, -0.25) is 0 Å². The molecule has 0 spiro atoms. The lowest BCUT2D eigenvalue weighted by Crippen LogP contribution is -2.42. The van der Waals surface area contributed by atoms with E-state index in [9.17, 15) is 15.0 Å². The van der Waals surface area contributed by atoms with Gasteiger partial charge in [-0.05, 0) is 72.4 Å². The van der Waals surface area contributed by atoms with Crippen LogP contribution in [0.3, 0.4) is 0 Å². The maximum absolute atomic E-state index is 12.5. The van der Waals surface area contributed by atoms with Crippen LogP contribution >= 0.6 is 12.2 Å². The molecule has 3 N–H and O–H groups in total. The Bertz CT molecular complexity index is 1150. The molecule has 4 rings (SSSR count). The third-order valence-corrected chi connectivity index (χ3v) is 6.59. The molecule has 3 aromatic rings. The molecule has 0 amide bonds. The zero-order valence-corrected chi connectivity index (χ0v) is 20.3. The Hall–Kier alpha value is -3.58. The van der Waals surface area contributed by atoms with Crippen LogP contribution in [0.2, 0.25) is 0 Å². The Morgan fingerprint density at radius 3 is 2.37 bits per heavy atom. The Balaban J connectivity index is 1.39. The fraction of sp³-hybridized carbons (Fsp3) is 0.286. The minimum Gasteiger partial charge on any atom is -0.504 e. The molecule has 1 atom stereocenters. The van der Waals surface area contributed by atoms with Crippen LogP contribution in [-0.4, -0.2) is 45.9 Å². The van der Waals surface area contributed by atoms with Crippen LogP contribution in [0.15, 0.2) is 72.8 Å². The minimum atomic E-state index is -0.335. The number of nitrogens with one attached hydrogen (secondary N) is 1. The number of phenolic OH excluding ortho intramolecular Hbond substituents is 2. The van der Waals surface area contributed by atoms with Gasteiger partial charge >= 0.3 is 5.97 Å². The van der Waals surface area contributed by atoms with Crippen LogP contribution in [0.5, 0.6) is 11.5 Å². The van der Waals surface area contributed by atoms with Crippen molar-refractivity contribution in [2.45, 2.75) is 25.8 Å².